The van der Waals surface area contributed by atoms with Crippen LogP contribution in [0.5, 0.6) is 5.75 Å². The summed E-state index contributed by atoms with van der Waals surface area (Å²) in [6, 6.07) is 11.8. The van der Waals surface area contributed by atoms with Gasteiger partial charge in [-0.25, -0.2) is 4.79 Å². The number of nitrogens with zero attached hydrogens (tertiary/aromatic N) is 2. The number of alkyl halides is 3. The molecule has 212 valence electrons. The highest BCUT2D eigenvalue weighted by molar-refractivity contribution is 5.77. The van der Waals surface area contributed by atoms with Crippen molar-refractivity contribution >= 4 is 11.7 Å². The topological polar surface area (TPSA) is 62.6 Å². The number of methoxy groups -OCH3 is 1. The standard InChI is InChI=1S/C32H35F3N2O3/c1-19-12-21(14-24(13-19)32(33,34)35)28-20(2)37(29(38)40-28)17-22-16-30(3,4)9-8-25(22)26-15-23(6-7-27(26)39-5)31(18-36)10-11-31/h6-7,12-15,20,28H,8-11,16-17H2,1-5H3/t20-,28-/m0/s1. The smallest absolute Gasteiger partial charge is 0.416 e. The monoisotopic (exact) mass is 552 g/mol. The molecule has 0 radical (unpaired) electrons. The predicted octanol–water partition coefficient (Wildman–Crippen LogP) is 8.12. The van der Waals surface area contributed by atoms with Gasteiger partial charge in [0.25, 0.3) is 0 Å². The Morgan fingerprint density at radius 3 is 2.50 bits per heavy atom. The van der Waals surface area contributed by atoms with Gasteiger partial charge in [0.15, 0.2) is 0 Å². The van der Waals surface area contributed by atoms with E-state index >= 15 is 0 Å². The molecule has 1 aliphatic heterocycles. The number of allylic oxidation sites excluding steroid dienone is 1. The minimum absolute atomic E-state index is 0.0124. The number of amides is 1. The second-order valence-electron chi connectivity index (χ2n) is 12.3. The van der Waals surface area contributed by atoms with Crippen molar-refractivity contribution in [3.8, 4) is 11.8 Å². The van der Waals surface area contributed by atoms with E-state index in [1.165, 1.54) is 0 Å². The summed E-state index contributed by atoms with van der Waals surface area (Å²) >= 11 is 0. The zero-order valence-electron chi connectivity index (χ0n) is 23.6. The number of nitriles is 1. The van der Waals surface area contributed by atoms with E-state index in [-0.39, 0.29) is 5.41 Å². The van der Waals surface area contributed by atoms with Gasteiger partial charge >= 0.3 is 12.3 Å². The van der Waals surface area contributed by atoms with Crippen LogP contribution in [-0.4, -0.2) is 30.7 Å². The molecule has 2 aliphatic carbocycles. The first kappa shape index (κ1) is 28.1. The van der Waals surface area contributed by atoms with Crippen molar-refractivity contribution in [2.45, 2.75) is 83.5 Å². The molecule has 1 heterocycles. The minimum atomic E-state index is -4.49. The zero-order chi connectivity index (χ0) is 29.0. The van der Waals surface area contributed by atoms with Gasteiger partial charge < -0.3 is 9.47 Å². The molecule has 2 aromatic carbocycles. The normalized spacial score (nSPS) is 23.6. The van der Waals surface area contributed by atoms with Crippen molar-refractivity contribution in [2.75, 3.05) is 13.7 Å². The molecular weight excluding hydrogens is 517 g/mol. The van der Waals surface area contributed by atoms with Gasteiger partial charge in [0.05, 0.1) is 30.2 Å². The molecule has 0 unspecified atom stereocenters. The Balaban J connectivity index is 1.51. The second kappa shape index (κ2) is 9.87. The summed E-state index contributed by atoms with van der Waals surface area (Å²) < 4.78 is 52.0. The van der Waals surface area contributed by atoms with E-state index in [0.717, 1.165) is 72.3 Å². The fourth-order valence-electron chi connectivity index (χ4n) is 6.23. The number of rotatable bonds is 6. The third-order valence-corrected chi connectivity index (χ3v) is 8.72. The van der Waals surface area contributed by atoms with Crippen LogP contribution in [0.2, 0.25) is 0 Å². The van der Waals surface area contributed by atoms with Crippen molar-refractivity contribution in [2.24, 2.45) is 5.41 Å². The van der Waals surface area contributed by atoms with Crippen LogP contribution in [0.3, 0.4) is 0 Å². The molecule has 1 amide bonds. The van der Waals surface area contributed by atoms with Crippen LogP contribution in [0, 0.1) is 23.7 Å². The van der Waals surface area contributed by atoms with Gasteiger partial charge in [-0.3, -0.25) is 4.90 Å². The second-order valence-corrected chi connectivity index (χ2v) is 12.3. The molecule has 0 spiro atoms. The lowest BCUT2D eigenvalue weighted by molar-refractivity contribution is -0.137. The van der Waals surface area contributed by atoms with Gasteiger partial charge in [0, 0.05) is 12.1 Å². The van der Waals surface area contributed by atoms with Crippen molar-refractivity contribution < 1.29 is 27.4 Å². The van der Waals surface area contributed by atoms with Crippen molar-refractivity contribution in [3.63, 3.8) is 0 Å². The van der Waals surface area contributed by atoms with E-state index in [4.69, 9.17) is 9.47 Å². The largest absolute Gasteiger partial charge is 0.496 e. The van der Waals surface area contributed by atoms with Crippen LogP contribution >= 0.6 is 0 Å². The molecule has 2 aromatic rings. The molecule has 40 heavy (non-hydrogen) atoms. The van der Waals surface area contributed by atoms with Gasteiger partial charge in [0.2, 0.25) is 0 Å². The van der Waals surface area contributed by atoms with Crippen LogP contribution in [-0.2, 0) is 16.3 Å². The Bertz CT molecular complexity index is 1420. The van der Waals surface area contributed by atoms with Crippen LogP contribution < -0.4 is 4.74 Å². The lowest BCUT2D eigenvalue weighted by atomic mass is 9.72. The SMILES string of the molecule is COc1ccc(C2(C#N)CC2)cc1C1=C(CN2C(=O)O[C@H](c3cc(C)cc(C(F)(F)F)c3)[C@@H]2C)CC(C)(C)CC1. The molecule has 5 nitrogen and oxygen atoms in total. The predicted molar refractivity (Wildman–Crippen MR) is 146 cm³/mol. The van der Waals surface area contributed by atoms with Gasteiger partial charge in [-0.15, -0.1) is 0 Å². The first-order valence-corrected chi connectivity index (χ1v) is 13.7. The molecule has 2 atom stereocenters. The maximum absolute atomic E-state index is 13.5. The molecule has 0 aromatic heterocycles. The van der Waals surface area contributed by atoms with Crippen LogP contribution in [0.15, 0.2) is 42.0 Å². The summed E-state index contributed by atoms with van der Waals surface area (Å²) in [4.78, 5) is 14.8. The van der Waals surface area contributed by atoms with Crippen LogP contribution in [0.25, 0.3) is 5.57 Å². The highest BCUT2D eigenvalue weighted by atomic mass is 19.4. The number of carbonyl (C=O) groups is 1. The van der Waals surface area contributed by atoms with E-state index in [1.54, 1.807) is 25.0 Å². The molecule has 2 fully saturated rings. The summed E-state index contributed by atoms with van der Waals surface area (Å²) in [5.74, 6) is 0.721. The van der Waals surface area contributed by atoms with E-state index in [1.807, 2.05) is 19.1 Å². The Morgan fingerprint density at radius 2 is 1.88 bits per heavy atom. The fourth-order valence-corrected chi connectivity index (χ4v) is 6.23. The molecule has 0 N–H and O–H groups in total. The van der Waals surface area contributed by atoms with E-state index in [9.17, 15) is 23.2 Å². The quantitative estimate of drug-likeness (QED) is 0.363. The van der Waals surface area contributed by atoms with Crippen LogP contribution in [0.1, 0.15) is 86.8 Å². The Kier molecular flexibility index (Phi) is 6.92. The third-order valence-electron chi connectivity index (χ3n) is 8.72. The van der Waals surface area contributed by atoms with Gasteiger partial charge in [0.1, 0.15) is 11.9 Å². The lowest BCUT2D eigenvalue weighted by Gasteiger charge is -2.36. The molecule has 8 heteroatoms. The van der Waals surface area contributed by atoms with Crippen molar-refractivity contribution in [3.05, 3.63) is 69.8 Å². The molecular formula is C32H35F3N2O3. The van der Waals surface area contributed by atoms with Crippen molar-refractivity contribution in [1.82, 2.24) is 4.90 Å². The molecule has 0 bridgehead atoms. The number of benzene rings is 2. The maximum Gasteiger partial charge on any atom is 0.416 e. The van der Waals surface area contributed by atoms with Gasteiger partial charge in [-0.05, 0) is 97.9 Å². The number of ether oxygens (including phenoxy) is 2. The number of hydrogen-bond acceptors (Lipinski definition) is 4. The average molecular weight is 553 g/mol. The zero-order valence-corrected chi connectivity index (χ0v) is 23.6. The Hall–Kier alpha value is -3.47. The summed E-state index contributed by atoms with van der Waals surface area (Å²) in [7, 11) is 1.63. The fraction of sp³-hybridized carbons (Fsp3) is 0.500. The molecule has 1 saturated heterocycles. The number of cyclic esters (lactones) is 1. The number of carbonyl (C=O) groups excluding carboxylic acids is 1. The first-order chi connectivity index (χ1) is 18.8. The molecule has 3 aliphatic rings. The average Bonchev–Trinajstić information content (AvgIpc) is 3.64. The third kappa shape index (κ3) is 5.18. The number of halogens is 3. The first-order valence-electron chi connectivity index (χ1n) is 13.7. The Labute approximate surface area is 233 Å². The van der Waals surface area contributed by atoms with Gasteiger partial charge in [-0.1, -0.05) is 31.5 Å². The molecule has 1 saturated carbocycles. The molecule has 5 rings (SSSR count). The maximum atomic E-state index is 13.5. The van der Waals surface area contributed by atoms with Gasteiger partial charge in [-0.2, -0.15) is 18.4 Å². The highest BCUT2D eigenvalue weighted by Gasteiger charge is 2.46. The Morgan fingerprint density at radius 1 is 1.15 bits per heavy atom. The summed E-state index contributed by atoms with van der Waals surface area (Å²) in [5.41, 5.74) is 3.73. The summed E-state index contributed by atoms with van der Waals surface area (Å²) in [6.07, 6.45) is -1.67. The summed E-state index contributed by atoms with van der Waals surface area (Å²) in [6.45, 7) is 8.14. The highest BCUT2D eigenvalue weighted by Crippen LogP contribution is 2.51. The van der Waals surface area contributed by atoms with E-state index < -0.39 is 35.4 Å². The van der Waals surface area contributed by atoms with E-state index in [2.05, 4.69) is 26.0 Å². The number of aryl methyl sites for hydroxylation is 1. The van der Waals surface area contributed by atoms with E-state index in [0.29, 0.717) is 17.7 Å². The van der Waals surface area contributed by atoms with Crippen LogP contribution in [0.4, 0.5) is 18.0 Å². The minimum Gasteiger partial charge on any atom is -0.496 e. The lowest BCUT2D eigenvalue weighted by Crippen LogP contribution is -2.35. The number of hydrogen-bond donors (Lipinski definition) is 0. The summed E-state index contributed by atoms with van der Waals surface area (Å²) in [5, 5.41) is 9.79. The van der Waals surface area contributed by atoms with Crippen molar-refractivity contribution in [1.29, 1.82) is 5.26 Å².